The smallest absolute Gasteiger partial charge is 0.147 e. The molecule has 0 aliphatic heterocycles. The van der Waals surface area contributed by atoms with Gasteiger partial charge >= 0.3 is 0 Å². The summed E-state index contributed by atoms with van der Waals surface area (Å²) in [7, 11) is -2.89. The average molecular weight is 295 g/mol. The first-order valence-corrected chi connectivity index (χ1v) is 8.95. The topological polar surface area (TPSA) is 48.3 Å². The van der Waals surface area contributed by atoms with E-state index in [0.717, 1.165) is 23.1 Å². The maximum atomic E-state index is 11.2. The van der Waals surface area contributed by atoms with Crippen LogP contribution in [0.2, 0.25) is 0 Å². The molecule has 0 N–H and O–H groups in total. The van der Waals surface area contributed by atoms with E-state index in [1.807, 2.05) is 30.5 Å². The van der Waals surface area contributed by atoms with Crippen molar-refractivity contribution in [1.29, 1.82) is 0 Å². The second-order valence-electron chi connectivity index (χ2n) is 5.03. The van der Waals surface area contributed by atoms with Crippen LogP contribution in [0.1, 0.15) is 19.8 Å². The van der Waals surface area contributed by atoms with E-state index >= 15 is 0 Å². The summed E-state index contributed by atoms with van der Waals surface area (Å²) in [5, 5.41) is 1.08. The first-order valence-electron chi connectivity index (χ1n) is 6.89. The SMILES string of the molecule is CCCOc1cccc2c1ccn2CCCS(C)(=O)=O. The molecule has 0 radical (unpaired) electrons. The third kappa shape index (κ3) is 3.76. The number of sulfone groups is 1. The first kappa shape index (κ1) is 14.9. The van der Waals surface area contributed by atoms with Crippen molar-refractivity contribution in [3.8, 4) is 5.75 Å². The van der Waals surface area contributed by atoms with Crippen molar-refractivity contribution in [1.82, 2.24) is 4.57 Å². The van der Waals surface area contributed by atoms with Gasteiger partial charge < -0.3 is 9.30 Å². The van der Waals surface area contributed by atoms with Crippen LogP contribution in [0.5, 0.6) is 5.75 Å². The van der Waals surface area contributed by atoms with Crippen LogP contribution in [0.25, 0.3) is 10.9 Å². The Bertz CT molecular complexity index is 673. The Hall–Kier alpha value is -1.49. The van der Waals surface area contributed by atoms with E-state index in [4.69, 9.17) is 4.74 Å². The quantitative estimate of drug-likeness (QED) is 0.789. The van der Waals surface area contributed by atoms with Crippen LogP contribution in [0.3, 0.4) is 0 Å². The second kappa shape index (κ2) is 6.31. The highest BCUT2D eigenvalue weighted by molar-refractivity contribution is 7.90. The Morgan fingerprint density at radius 1 is 1.25 bits per heavy atom. The molecule has 0 fully saturated rings. The Labute approximate surface area is 120 Å². The molecule has 1 aromatic carbocycles. The van der Waals surface area contributed by atoms with Gasteiger partial charge in [-0.3, -0.25) is 0 Å². The molecule has 0 unspecified atom stereocenters. The molecule has 20 heavy (non-hydrogen) atoms. The molecule has 0 amide bonds. The van der Waals surface area contributed by atoms with Crippen LogP contribution in [0, 0.1) is 0 Å². The van der Waals surface area contributed by atoms with Gasteiger partial charge in [0.15, 0.2) is 0 Å². The van der Waals surface area contributed by atoms with Gasteiger partial charge in [-0.1, -0.05) is 13.0 Å². The lowest BCUT2D eigenvalue weighted by Crippen LogP contribution is -2.06. The zero-order chi connectivity index (χ0) is 14.6. The van der Waals surface area contributed by atoms with Gasteiger partial charge in [-0.2, -0.15) is 0 Å². The summed E-state index contributed by atoms with van der Waals surface area (Å²) in [5.41, 5.74) is 1.09. The number of aromatic nitrogens is 1. The lowest BCUT2D eigenvalue weighted by Gasteiger charge is -2.08. The molecule has 1 aromatic heterocycles. The summed E-state index contributed by atoms with van der Waals surface area (Å²) in [4.78, 5) is 0. The maximum Gasteiger partial charge on any atom is 0.147 e. The minimum absolute atomic E-state index is 0.221. The Morgan fingerprint density at radius 2 is 2.05 bits per heavy atom. The predicted octanol–water partition coefficient (Wildman–Crippen LogP) is 2.86. The van der Waals surface area contributed by atoms with Crippen molar-refractivity contribution >= 4 is 20.7 Å². The van der Waals surface area contributed by atoms with E-state index in [1.165, 1.54) is 6.26 Å². The zero-order valence-corrected chi connectivity index (χ0v) is 12.8. The number of hydrogen-bond donors (Lipinski definition) is 0. The summed E-state index contributed by atoms with van der Waals surface area (Å²) in [6.45, 7) is 3.49. The Kier molecular flexibility index (Phi) is 4.70. The predicted molar refractivity (Wildman–Crippen MR) is 82.1 cm³/mol. The first-order chi connectivity index (χ1) is 9.51. The van der Waals surface area contributed by atoms with Gasteiger partial charge in [0, 0.05) is 24.4 Å². The van der Waals surface area contributed by atoms with Crippen LogP contribution in [0.15, 0.2) is 30.5 Å². The van der Waals surface area contributed by atoms with Crippen molar-refractivity contribution < 1.29 is 13.2 Å². The average Bonchev–Trinajstić information content (AvgIpc) is 2.79. The fourth-order valence-corrected chi connectivity index (χ4v) is 2.88. The van der Waals surface area contributed by atoms with Gasteiger partial charge in [0.1, 0.15) is 15.6 Å². The second-order valence-corrected chi connectivity index (χ2v) is 7.29. The number of aryl methyl sites for hydroxylation is 1. The normalized spacial score (nSPS) is 11.9. The third-order valence-corrected chi connectivity index (χ3v) is 4.18. The Balaban J connectivity index is 2.15. The summed E-state index contributed by atoms with van der Waals surface area (Å²) in [5.74, 6) is 1.12. The molecule has 2 rings (SSSR count). The lowest BCUT2D eigenvalue weighted by atomic mass is 10.2. The minimum atomic E-state index is -2.89. The number of benzene rings is 1. The van der Waals surface area contributed by atoms with E-state index in [9.17, 15) is 8.42 Å². The fraction of sp³-hybridized carbons (Fsp3) is 0.467. The minimum Gasteiger partial charge on any atom is -0.493 e. The highest BCUT2D eigenvalue weighted by atomic mass is 32.2. The summed E-state index contributed by atoms with van der Waals surface area (Å²) in [6, 6.07) is 8.01. The summed E-state index contributed by atoms with van der Waals surface area (Å²) in [6.07, 6.45) is 4.87. The number of ether oxygens (including phenoxy) is 1. The van der Waals surface area contributed by atoms with E-state index in [-0.39, 0.29) is 5.75 Å². The molecule has 0 bridgehead atoms. The third-order valence-electron chi connectivity index (χ3n) is 3.15. The van der Waals surface area contributed by atoms with Crippen molar-refractivity contribution in [3.05, 3.63) is 30.5 Å². The highest BCUT2D eigenvalue weighted by Gasteiger charge is 2.07. The van der Waals surface area contributed by atoms with Gasteiger partial charge in [0.25, 0.3) is 0 Å². The molecule has 2 aromatic rings. The van der Waals surface area contributed by atoms with Gasteiger partial charge in [-0.05, 0) is 31.0 Å². The molecule has 0 aliphatic carbocycles. The van der Waals surface area contributed by atoms with Crippen LogP contribution in [-0.4, -0.2) is 31.6 Å². The van der Waals surface area contributed by atoms with Gasteiger partial charge in [0.2, 0.25) is 0 Å². The zero-order valence-electron chi connectivity index (χ0n) is 12.0. The van der Waals surface area contributed by atoms with Crippen LogP contribution < -0.4 is 4.74 Å². The molecule has 110 valence electrons. The van der Waals surface area contributed by atoms with Gasteiger partial charge in [-0.25, -0.2) is 8.42 Å². The van der Waals surface area contributed by atoms with E-state index in [2.05, 4.69) is 11.5 Å². The molecule has 0 atom stereocenters. The largest absolute Gasteiger partial charge is 0.493 e. The Morgan fingerprint density at radius 3 is 2.75 bits per heavy atom. The molecule has 0 saturated carbocycles. The molecule has 0 spiro atoms. The number of rotatable bonds is 7. The van der Waals surface area contributed by atoms with Crippen LogP contribution in [0.4, 0.5) is 0 Å². The molecule has 4 nitrogen and oxygen atoms in total. The molecule has 1 heterocycles. The molecule has 0 saturated heterocycles. The van der Waals surface area contributed by atoms with E-state index in [1.54, 1.807) is 0 Å². The van der Waals surface area contributed by atoms with E-state index < -0.39 is 9.84 Å². The van der Waals surface area contributed by atoms with Gasteiger partial charge in [0.05, 0.1) is 17.9 Å². The highest BCUT2D eigenvalue weighted by Crippen LogP contribution is 2.26. The lowest BCUT2D eigenvalue weighted by molar-refractivity contribution is 0.321. The van der Waals surface area contributed by atoms with Crippen molar-refractivity contribution in [3.63, 3.8) is 0 Å². The standard InChI is InChI=1S/C15H21NO3S/c1-3-11-19-15-7-4-6-14-13(15)8-10-16(14)9-5-12-20(2,17)18/h4,6-8,10H,3,5,9,11-12H2,1-2H3. The van der Waals surface area contributed by atoms with Crippen molar-refractivity contribution in [2.24, 2.45) is 0 Å². The summed E-state index contributed by atoms with van der Waals surface area (Å²) >= 11 is 0. The number of nitrogens with zero attached hydrogens (tertiary/aromatic N) is 1. The van der Waals surface area contributed by atoms with E-state index in [0.29, 0.717) is 19.6 Å². The maximum absolute atomic E-state index is 11.2. The number of hydrogen-bond acceptors (Lipinski definition) is 3. The fourth-order valence-electron chi connectivity index (χ4n) is 2.23. The number of fused-ring (bicyclic) bond motifs is 1. The van der Waals surface area contributed by atoms with Crippen molar-refractivity contribution in [2.45, 2.75) is 26.3 Å². The molecular weight excluding hydrogens is 274 g/mol. The van der Waals surface area contributed by atoms with Crippen LogP contribution >= 0.6 is 0 Å². The molecule has 0 aliphatic rings. The monoisotopic (exact) mass is 295 g/mol. The summed E-state index contributed by atoms with van der Waals surface area (Å²) < 4.78 is 30.1. The van der Waals surface area contributed by atoms with Crippen LogP contribution in [-0.2, 0) is 16.4 Å². The molecule has 5 heteroatoms. The van der Waals surface area contributed by atoms with Crippen molar-refractivity contribution in [2.75, 3.05) is 18.6 Å². The molecular formula is C15H21NO3S. The van der Waals surface area contributed by atoms with Gasteiger partial charge in [-0.15, -0.1) is 0 Å².